The first kappa shape index (κ1) is 36.0. The van der Waals surface area contributed by atoms with Gasteiger partial charge in [-0.3, -0.25) is 4.79 Å². The summed E-state index contributed by atoms with van der Waals surface area (Å²) in [6.45, 7) is 3.60. The van der Waals surface area contributed by atoms with Crippen LogP contribution in [0, 0.1) is 0 Å². The summed E-state index contributed by atoms with van der Waals surface area (Å²) >= 11 is 0. The lowest BCUT2D eigenvalue weighted by molar-refractivity contribution is -0.302. The number of rotatable bonds is 23. The van der Waals surface area contributed by atoms with Crippen molar-refractivity contribution in [1.29, 1.82) is 0 Å². The highest BCUT2D eigenvalue weighted by Crippen LogP contribution is 2.22. The molecule has 39 heavy (non-hydrogen) atoms. The van der Waals surface area contributed by atoms with Gasteiger partial charge in [0.1, 0.15) is 24.4 Å². The molecule has 1 rings (SSSR count). The van der Waals surface area contributed by atoms with Gasteiger partial charge >= 0.3 is 0 Å². The summed E-state index contributed by atoms with van der Waals surface area (Å²) in [4.78, 5) is 12.7. The lowest BCUT2D eigenvalue weighted by Gasteiger charge is -2.40. The van der Waals surface area contributed by atoms with Crippen LogP contribution in [0.2, 0.25) is 0 Å². The Kier molecular flexibility index (Phi) is 20.8. The van der Waals surface area contributed by atoms with Crippen LogP contribution in [0.25, 0.3) is 0 Å². The number of unbranched alkanes of at least 4 members (excludes halogenated alkanes) is 13. The highest BCUT2D eigenvalue weighted by Gasteiger charge is 2.44. The van der Waals surface area contributed by atoms with Gasteiger partial charge in [0.05, 0.1) is 25.4 Å². The summed E-state index contributed by atoms with van der Waals surface area (Å²) < 4.78 is 11.0. The minimum Gasteiger partial charge on any atom is -0.394 e. The van der Waals surface area contributed by atoms with Crippen LogP contribution in [-0.4, -0.2) is 87.5 Å². The Balaban J connectivity index is 2.50. The minimum absolute atomic E-state index is 0.187. The van der Waals surface area contributed by atoms with E-state index in [2.05, 4.69) is 19.2 Å². The predicted octanol–water partition coefficient (Wildman–Crippen LogP) is 3.49. The minimum atomic E-state index is -1.56. The maximum Gasteiger partial charge on any atom is 0.220 e. The van der Waals surface area contributed by atoms with Crippen LogP contribution in [0.1, 0.15) is 117 Å². The second-order valence-electron chi connectivity index (χ2n) is 10.9. The van der Waals surface area contributed by atoms with Crippen molar-refractivity contribution < 1.29 is 39.8 Å². The molecule has 9 heteroatoms. The number of carbonyl (C=O) groups excluding carboxylic acids is 1. The standard InChI is InChI=1S/C30H57NO8/c1-3-5-7-9-10-11-12-13-14-16-18-20-26(34)31-23(24(33)19-17-15-8-6-4-2)22-38-30-29(37)28(36)27(35)25(21-32)39-30/h17,19,23-25,27-30,32-33,35-37H,3-16,18,20-22H2,1-2H3,(H,31,34)/b19-17+. The second kappa shape index (κ2) is 22.6. The third-order valence-corrected chi connectivity index (χ3v) is 7.36. The monoisotopic (exact) mass is 559 g/mol. The molecule has 0 aromatic carbocycles. The fourth-order valence-electron chi connectivity index (χ4n) is 4.74. The largest absolute Gasteiger partial charge is 0.394 e. The molecule has 1 heterocycles. The van der Waals surface area contributed by atoms with Gasteiger partial charge in [-0.2, -0.15) is 0 Å². The average Bonchev–Trinajstić information content (AvgIpc) is 2.93. The molecule has 9 nitrogen and oxygen atoms in total. The lowest BCUT2D eigenvalue weighted by Crippen LogP contribution is -2.60. The van der Waals surface area contributed by atoms with Crippen LogP contribution in [0.3, 0.4) is 0 Å². The quantitative estimate of drug-likeness (QED) is 0.0823. The van der Waals surface area contributed by atoms with Crippen molar-refractivity contribution >= 4 is 5.91 Å². The predicted molar refractivity (Wildman–Crippen MR) is 152 cm³/mol. The van der Waals surface area contributed by atoms with E-state index in [0.29, 0.717) is 6.42 Å². The number of aliphatic hydroxyl groups excluding tert-OH is 5. The van der Waals surface area contributed by atoms with Crippen LogP contribution < -0.4 is 5.32 Å². The number of carbonyl (C=O) groups is 1. The van der Waals surface area contributed by atoms with Crippen molar-refractivity contribution in [3.05, 3.63) is 12.2 Å². The van der Waals surface area contributed by atoms with Gasteiger partial charge in [-0.1, -0.05) is 103 Å². The highest BCUT2D eigenvalue weighted by molar-refractivity contribution is 5.76. The number of hydrogen-bond acceptors (Lipinski definition) is 8. The Bertz CT molecular complexity index is 632. The fraction of sp³-hybridized carbons (Fsp3) is 0.900. The van der Waals surface area contributed by atoms with Gasteiger partial charge in [0.25, 0.3) is 0 Å². The van der Waals surface area contributed by atoms with Crippen LogP contribution in [-0.2, 0) is 14.3 Å². The zero-order chi connectivity index (χ0) is 28.9. The number of nitrogens with one attached hydrogen (secondary N) is 1. The molecular formula is C30H57NO8. The third-order valence-electron chi connectivity index (χ3n) is 7.36. The van der Waals surface area contributed by atoms with E-state index in [-0.39, 0.29) is 12.5 Å². The zero-order valence-electron chi connectivity index (χ0n) is 24.4. The van der Waals surface area contributed by atoms with Crippen molar-refractivity contribution in [2.24, 2.45) is 0 Å². The van der Waals surface area contributed by atoms with E-state index in [1.165, 1.54) is 51.4 Å². The van der Waals surface area contributed by atoms with E-state index in [0.717, 1.165) is 44.9 Å². The number of amides is 1. The molecule has 1 saturated heterocycles. The summed E-state index contributed by atoms with van der Waals surface area (Å²) in [6, 6.07) is -0.792. The number of ether oxygens (including phenoxy) is 2. The second-order valence-corrected chi connectivity index (χ2v) is 10.9. The van der Waals surface area contributed by atoms with Crippen molar-refractivity contribution in [2.75, 3.05) is 13.2 Å². The molecule has 0 radical (unpaired) electrons. The molecular weight excluding hydrogens is 502 g/mol. The SMILES string of the molecule is CCCCC/C=C/C(O)C(COC1OC(CO)C(O)C(O)C1O)NC(=O)CCCCCCCCCCCCC. The van der Waals surface area contributed by atoms with E-state index >= 15 is 0 Å². The van der Waals surface area contributed by atoms with Gasteiger partial charge in [0, 0.05) is 6.42 Å². The zero-order valence-corrected chi connectivity index (χ0v) is 24.4. The fourth-order valence-corrected chi connectivity index (χ4v) is 4.74. The molecule has 0 spiro atoms. The van der Waals surface area contributed by atoms with Crippen LogP contribution in [0.5, 0.6) is 0 Å². The third kappa shape index (κ3) is 15.5. The first-order valence-electron chi connectivity index (χ1n) is 15.4. The first-order chi connectivity index (χ1) is 18.8. The van der Waals surface area contributed by atoms with Gasteiger partial charge in [-0.05, 0) is 19.3 Å². The molecule has 7 unspecified atom stereocenters. The van der Waals surface area contributed by atoms with Crippen molar-refractivity contribution in [3.63, 3.8) is 0 Å². The number of allylic oxidation sites excluding steroid dienone is 1. The Morgan fingerprint density at radius 3 is 2.00 bits per heavy atom. The molecule has 6 N–H and O–H groups in total. The number of hydrogen-bond donors (Lipinski definition) is 6. The van der Waals surface area contributed by atoms with E-state index in [4.69, 9.17) is 9.47 Å². The molecule has 1 amide bonds. The summed E-state index contributed by atoms with van der Waals surface area (Å²) in [5, 5.41) is 53.2. The molecule has 0 saturated carbocycles. The molecule has 7 atom stereocenters. The first-order valence-corrected chi connectivity index (χ1v) is 15.4. The van der Waals surface area contributed by atoms with Gasteiger partial charge < -0.3 is 40.3 Å². The molecule has 1 aliphatic heterocycles. The van der Waals surface area contributed by atoms with Gasteiger partial charge in [-0.15, -0.1) is 0 Å². The van der Waals surface area contributed by atoms with Crippen molar-refractivity contribution in [1.82, 2.24) is 5.32 Å². The average molecular weight is 560 g/mol. The summed E-state index contributed by atoms with van der Waals surface area (Å²) in [5.74, 6) is -0.188. The normalized spacial score (nSPS) is 25.2. The molecule has 0 aromatic rings. The maximum atomic E-state index is 12.7. The number of aliphatic hydroxyl groups is 5. The Hall–Kier alpha value is -1.07. The van der Waals surface area contributed by atoms with Crippen LogP contribution >= 0.6 is 0 Å². The van der Waals surface area contributed by atoms with Crippen LogP contribution in [0.4, 0.5) is 0 Å². The Labute approximate surface area is 236 Å². The van der Waals surface area contributed by atoms with Crippen molar-refractivity contribution in [2.45, 2.75) is 159 Å². The maximum absolute atomic E-state index is 12.7. The Morgan fingerprint density at radius 2 is 1.41 bits per heavy atom. The smallest absolute Gasteiger partial charge is 0.220 e. The van der Waals surface area contributed by atoms with Gasteiger partial charge in [-0.25, -0.2) is 0 Å². The summed E-state index contributed by atoms with van der Waals surface area (Å²) in [5.41, 5.74) is 0. The van der Waals surface area contributed by atoms with E-state index in [9.17, 15) is 30.3 Å². The topological polar surface area (TPSA) is 149 Å². The molecule has 0 aliphatic carbocycles. The van der Waals surface area contributed by atoms with E-state index in [1.54, 1.807) is 6.08 Å². The van der Waals surface area contributed by atoms with E-state index in [1.807, 2.05) is 6.08 Å². The molecule has 1 aliphatic rings. The van der Waals surface area contributed by atoms with Gasteiger partial charge in [0.2, 0.25) is 5.91 Å². The van der Waals surface area contributed by atoms with E-state index < -0.39 is 49.5 Å². The summed E-state index contributed by atoms with van der Waals surface area (Å²) in [7, 11) is 0. The highest BCUT2D eigenvalue weighted by atomic mass is 16.7. The van der Waals surface area contributed by atoms with Crippen molar-refractivity contribution in [3.8, 4) is 0 Å². The van der Waals surface area contributed by atoms with Gasteiger partial charge in [0.15, 0.2) is 6.29 Å². The Morgan fingerprint density at radius 1 is 0.846 bits per heavy atom. The lowest BCUT2D eigenvalue weighted by atomic mass is 9.99. The molecule has 0 bridgehead atoms. The molecule has 0 aromatic heterocycles. The van der Waals surface area contributed by atoms with Crippen LogP contribution in [0.15, 0.2) is 12.2 Å². The molecule has 230 valence electrons. The summed E-state index contributed by atoms with van der Waals surface area (Å²) in [6.07, 6.45) is 13.0. The molecule has 1 fully saturated rings.